The van der Waals surface area contributed by atoms with E-state index in [0.29, 0.717) is 24.3 Å². The molecule has 2 aromatic heterocycles. The van der Waals surface area contributed by atoms with E-state index in [-0.39, 0.29) is 22.3 Å². The number of nitro groups is 2. The molecule has 0 bridgehead atoms. The van der Waals surface area contributed by atoms with Gasteiger partial charge in [0.15, 0.2) is 23.2 Å². The van der Waals surface area contributed by atoms with Crippen LogP contribution in [0.5, 0.6) is 0 Å². The van der Waals surface area contributed by atoms with Gasteiger partial charge in [0.1, 0.15) is 22.3 Å². The first-order valence-electron chi connectivity index (χ1n) is 14.4. The van der Waals surface area contributed by atoms with Gasteiger partial charge in [-0.3, -0.25) is 39.6 Å². The van der Waals surface area contributed by atoms with Crippen molar-refractivity contribution in [2.45, 2.75) is 56.8 Å². The number of nitrogens with one attached hydrogen (secondary N) is 1. The second-order valence-corrected chi connectivity index (χ2v) is 11.9. The van der Waals surface area contributed by atoms with Crippen molar-refractivity contribution in [1.82, 2.24) is 20.0 Å². The van der Waals surface area contributed by atoms with Gasteiger partial charge in [-0.25, -0.2) is 8.78 Å². The van der Waals surface area contributed by atoms with E-state index >= 15 is 0 Å². The lowest BCUT2D eigenvalue weighted by molar-refractivity contribution is -0.388. The molecule has 0 amide bonds. The Kier molecular flexibility index (Phi) is 14.6. The number of benzene rings is 2. The van der Waals surface area contributed by atoms with Crippen LogP contribution in [0.2, 0.25) is 0 Å². The maximum atomic E-state index is 13.0. The van der Waals surface area contributed by atoms with Crippen LogP contribution >= 0.6 is 15.9 Å². The molecule has 288 valence electrons. The van der Waals surface area contributed by atoms with Crippen molar-refractivity contribution in [2.24, 2.45) is 0 Å². The number of nitro benzene ring substituents is 2. The molecular weight excluding hydrogens is 804 g/mol. The summed E-state index contributed by atoms with van der Waals surface area (Å²) in [6, 6.07) is 4.49. The summed E-state index contributed by atoms with van der Waals surface area (Å²) < 4.78 is 103. The van der Waals surface area contributed by atoms with Gasteiger partial charge in [-0.05, 0) is 37.1 Å². The number of halogens is 9. The number of ketones is 2. The van der Waals surface area contributed by atoms with Gasteiger partial charge in [-0.1, -0.05) is 28.1 Å². The van der Waals surface area contributed by atoms with Crippen LogP contribution in [-0.4, -0.2) is 68.1 Å². The molecule has 53 heavy (non-hydrogen) atoms. The van der Waals surface area contributed by atoms with Crippen LogP contribution in [0, 0.1) is 31.9 Å². The number of hydrogen-bond donors (Lipinski definition) is 3. The fourth-order valence-corrected chi connectivity index (χ4v) is 4.36. The number of aromatic nitrogens is 4. The average Bonchev–Trinajstić information content (AvgIpc) is 3.70. The van der Waals surface area contributed by atoms with Gasteiger partial charge >= 0.3 is 12.4 Å². The highest BCUT2D eigenvalue weighted by molar-refractivity contribution is 9.09. The quantitative estimate of drug-likeness (QED) is 0.0703. The van der Waals surface area contributed by atoms with Crippen molar-refractivity contribution >= 4 is 38.9 Å². The first-order chi connectivity index (χ1) is 24.3. The van der Waals surface area contributed by atoms with Gasteiger partial charge in [-0.15, -0.1) is 0 Å². The average molecular weight is 831 g/mol. The van der Waals surface area contributed by atoms with E-state index in [1.807, 2.05) is 0 Å². The summed E-state index contributed by atoms with van der Waals surface area (Å²) in [6.45, 7) is 1.93. The number of aromatic amines is 1. The van der Waals surface area contributed by atoms with Crippen molar-refractivity contribution in [3.8, 4) is 0 Å². The number of alkyl halides is 7. The van der Waals surface area contributed by atoms with Crippen LogP contribution < -0.4 is 0 Å². The van der Waals surface area contributed by atoms with Gasteiger partial charge in [0.05, 0.1) is 41.2 Å². The lowest BCUT2D eigenvalue weighted by atomic mass is 9.94. The minimum atomic E-state index is -4.98. The van der Waals surface area contributed by atoms with Gasteiger partial charge in [0.2, 0.25) is 0 Å². The molecule has 0 unspecified atom stereocenters. The molecule has 0 aliphatic carbocycles. The second-order valence-electron chi connectivity index (χ2n) is 11.4. The minimum absolute atomic E-state index is 0.0563. The Morgan fingerprint density at radius 3 is 1.57 bits per heavy atom. The van der Waals surface area contributed by atoms with Crippen molar-refractivity contribution < 1.29 is 64.8 Å². The highest BCUT2D eigenvalue weighted by Crippen LogP contribution is 2.38. The van der Waals surface area contributed by atoms with Crippen LogP contribution in [0.15, 0.2) is 61.2 Å². The third kappa shape index (κ3) is 13.1. The Labute approximate surface area is 300 Å². The van der Waals surface area contributed by atoms with E-state index in [1.165, 1.54) is 13.1 Å². The van der Waals surface area contributed by atoms with Crippen LogP contribution in [0.3, 0.4) is 0 Å². The van der Waals surface area contributed by atoms with Gasteiger partial charge < -0.3 is 10.2 Å². The van der Waals surface area contributed by atoms with E-state index in [2.05, 4.69) is 31.2 Å². The van der Waals surface area contributed by atoms with Crippen molar-refractivity contribution in [3.63, 3.8) is 0 Å². The van der Waals surface area contributed by atoms with Crippen LogP contribution in [0.1, 0.15) is 36.1 Å². The minimum Gasteiger partial charge on any atom is -0.381 e. The predicted octanol–water partition coefficient (Wildman–Crippen LogP) is 5.93. The monoisotopic (exact) mass is 830 g/mol. The first kappa shape index (κ1) is 44.0. The zero-order chi connectivity index (χ0) is 40.5. The summed E-state index contributed by atoms with van der Waals surface area (Å²) in [5, 5.41) is 50.4. The Hall–Kier alpha value is -5.16. The maximum Gasteiger partial charge on any atom is 0.423 e. The molecule has 3 N–H and O–H groups in total. The molecular formula is C30H27BrF8N6O8. The van der Waals surface area contributed by atoms with E-state index in [4.69, 9.17) is 0 Å². The topological polar surface area (TPSA) is 207 Å². The highest BCUT2D eigenvalue weighted by Gasteiger charge is 2.40. The molecule has 0 saturated carbocycles. The standard InChI is InChI=1S/C15H13F4N3O4.C12H11BrF3NO4.C3H3FN2/c1-14(24,8-21-7-10(16)6-20-21)13(23)5-9-2-3-12(22(25)26)11(4-9)15(17,18)19;1-11(19,6-13)10(18)5-7-2-3-9(17(20)21)8(4-7)12(14,15)16;4-3-1-5-6-2-3/h2-4,6-7,24H,5,8H2,1H3;2-4,19H,5-6H2,1H3;1-2H,(H,5,6)/t14-;11-;/m00./s1. The van der Waals surface area contributed by atoms with E-state index in [9.17, 15) is 75.2 Å². The Bertz CT molecular complexity index is 1910. The molecule has 4 rings (SSSR count). The largest absolute Gasteiger partial charge is 0.423 e. The van der Waals surface area contributed by atoms with Crippen LogP contribution in [-0.2, 0) is 41.3 Å². The molecule has 0 aliphatic heterocycles. The van der Waals surface area contributed by atoms with Crippen LogP contribution in [0.4, 0.5) is 46.5 Å². The van der Waals surface area contributed by atoms with E-state index in [1.54, 1.807) is 0 Å². The second kappa shape index (κ2) is 17.6. The van der Waals surface area contributed by atoms with Gasteiger partial charge in [0.25, 0.3) is 11.4 Å². The summed E-state index contributed by atoms with van der Waals surface area (Å²) in [7, 11) is 0. The Morgan fingerprint density at radius 2 is 1.26 bits per heavy atom. The maximum absolute atomic E-state index is 13.0. The summed E-state index contributed by atoms with van der Waals surface area (Å²) in [5.74, 6) is -2.55. The Morgan fingerprint density at radius 1 is 0.811 bits per heavy atom. The molecule has 0 radical (unpaired) electrons. The molecule has 23 heteroatoms. The number of carbonyl (C=O) groups excluding carboxylic acids is 2. The normalized spacial score (nSPS) is 13.7. The molecule has 2 heterocycles. The van der Waals surface area contributed by atoms with Gasteiger partial charge in [0, 0.05) is 30.3 Å². The number of rotatable bonds is 11. The molecule has 0 aliphatic rings. The molecule has 2 aromatic carbocycles. The summed E-state index contributed by atoms with van der Waals surface area (Å²) >= 11 is 2.92. The van der Waals surface area contributed by atoms with E-state index < -0.39 is 92.7 Å². The molecule has 2 atom stereocenters. The molecule has 0 spiro atoms. The summed E-state index contributed by atoms with van der Waals surface area (Å²) in [5.41, 5.74) is -9.07. The third-order valence-electron chi connectivity index (χ3n) is 6.85. The van der Waals surface area contributed by atoms with Crippen molar-refractivity contribution in [2.75, 3.05) is 5.33 Å². The lowest BCUT2D eigenvalue weighted by Crippen LogP contribution is -2.41. The summed E-state index contributed by atoms with van der Waals surface area (Å²) in [6.07, 6.45) is -6.84. The summed E-state index contributed by atoms with van der Waals surface area (Å²) in [4.78, 5) is 43.0. The predicted molar refractivity (Wildman–Crippen MR) is 169 cm³/mol. The molecule has 4 aromatic rings. The zero-order valence-electron chi connectivity index (χ0n) is 27.1. The number of nitrogens with zero attached hydrogens (tertiary/aromatic N) is 5. The molecule has 0 saturated heterocycles. The van der Waals surface area contributed by atoms with Crippen molar-refractivity contribution in [3.05, 3.63) is 115 Å². The number of hydrogen-bond acceptors (Lipinski definition) is 10. The van der Waals surface area contributed by atoms with Crippen molar-refractivity contribution in [1.29, 1.82) is 0 Å². The van der Waals surface area contributed by atoms with Gasteiger partial charge in [-0.2, -0.15) is 36.5 Å². The lowest BCUT2D eigenvalue weighted by Gasteiger charge is -2.22. The number of Topliss-reactive ketones (excluding diaryl/α,β-unsaturated/α-hetero) is 2. The number of H-pyrrole nitrogens is 1. The third-order valence-corrected chi connectivity index (χ3v) is 7.95. The smallest absolute Gasteiger partial charge is 0.381 e. The first-order valence-corrected chi connectivity index (χ1v) is 15.5. The fourth-order valence-electron chi connectivity index (χ4n) is 4.05. The highest BCUT2D eigenvalue weighted by atomic mass is 79.9. The zero-order valence-corrected chi connectivity index (χ0v) is 28.7. The Balaban J connectivity index is 0.000000321. The SMILES string of the molecule is C[C@](O)(CBr)C(=O)Cc1ccc([N+](=O)[O-])c(C(F)(F)F)c1.C[C@](O)(Cn1cc(F)cn1)C(=O)Cc1ccc([N+](=O)[O-])c(C(F)(F)F)c1.Fc1cn[nH]c1. The van der Waals surface area contributed by atoms with E-state index in [0.717, 1.165) is 42.3 Å². The van der Waals surface area contributed by atoms with Crippen LogP contribution in [0.25, 0.3) is 0 Å². The molecule has 0 fully saturated rings. The number of aliphatic hydroxyl groups is 2. The molecule has 14 nitrogen and oxygen atoms in total. The fraction of sp³-hybridized carbons (Fsp3) is 0.333. The number of carbonyl (C=O) groups is 2.